The van der Waals surface area contributed by atoms with Crippen molar-refractivity contribution < 1.29 is 14.7 Å². The second-order valence-electron chi connectivity index (χ2n) is 4.83. The number of amides is 2. The fraction of sp³-hybridized carbons (Fsp3) is 0.833. The summed E-state index contributed by atoms with van der Waals surface area (Å²) in [5.41, 5.74) is -0.971. The van der Waals surface area contributed by atoms with Gasteiger partial charge in [-0.2, -0.15) is 11.8 Å². The Kier molecular flexibility index (Phi) is 4.04. The summed E-state index contributed by atoms with van der Waals surface area (Å²) in [6.45, 7) is 3.90. The minimum atomic E-state index is -0.971. The van der Waals surface area contributed by atoms with Gasteiger partial charge in [0.2, 0.25) is 0 Å². The van der Waals surface area contributed by atoms with E-state index < -0.39 is 11.5 Å². The average Bonchev–Trinajstić information content (AvgIpc) is 2.84. The van der Waals surface area contributed by atoms with E-state index in [1.165, 1.54) is 0 Å². The van der Waals surface area contributed by atoms with Crippen molar-refractivity contribution in [1.29, 1.82) is 0 Å². The van der Waals surface area contributed by atoms with Gasteiger partial charge in [-0.15, -0.1) is 0 Å². The number of aliphatic carboxylic acids is 1. The second kappa shape index (κ2) is 5.38. The molecule has 2 amide bonds. The van der Waals surface area contributed by atoms with Crippen LogP contribution >= 0.6 is 11.8 Å². The molecule has 2 fully saturated rings. The summed E-state index contributed by atoms with van der Waals surface area (Å²) >= 11 is 1.84. The Morgan fingerprint density at radius 3 is 2.50 bits per heavy atom. The number of likely N-dealkylation sites (tertiary alicyclic amines) is 1. The van der Waals surface area contributed by atoms with Crippen LogP contribution in [0.5, 0.6) is 0 Å². The van der Waals surface area contributed by atoms with Crippen molar-refractivity contribution in [2.45, 2.75) is 31.7 Å². The van der Waals surface area contributed by atoms with E-state index in [-0.39, 0.29) is 6.03 Å². The molecule has 2 saturated heterocycles. The fourth-order valence-corrected chi connectivity index (χ4v) is 3.73. The first-order valence-electron chi connectivity index (χ1n) is 6.49. The summed E-state index contributed by atoms with van der Waals surface area (Å²) in [7, 11) is 0. The highest BCUT2D eigenvalue weighted by molar-refractivity contribution is 7.99. The van der Waals surface area contributed by atoms with Crippen LogP contribution in [0, 0.1) is 0 Å². The lowest BCUT2D eigenvalue weighted by Crippen LogP contribution is -2.57. The van der Waals surface area contributed by atoms with Gasteiger partial charge in [-0.25, -0.2) is 9.59 Å². The molecule has 0 aromatic rings. The van der Waals surface area contributed by atoms with Crippen LogP contribution < -0.4 is 0 Å². The van der Waals surface area contributed by atoms with E-state index in [9.17, 15) is 14.7 Å². The van der Waals surface area contributed by atoms with E-state index in [0.717, 1.165) is 31.0 Å². The van der Waals surface area contributed by atoms with Crippen molar-refractivity contribution >= 4 is 23.8 Å². The van der Waals surface area contributed by atoms with Crippen molar-refractivity contribution in [2.75, 3.05) is 31.1 Å². The zero-order valence-electron chi connectivity index (χ0n) is 10.7. The molecule has 0 aromatic carbocycles. The summed E-state index contributed by atoms with van der Waals surface area (Å²) in [5, 5.41) is 9.46. The Morgan fingerprint density at radius 2 is 1.94 bits per heavy atom. The van der Waals surface area contributed by atoms with Crippen LogP contribution in [0.25, 0.3) is 0 Å². The number of carbonyl (C=O) groups is 2. The lowest BCUT2D eigenvalue weighted by atomic mass is 9.93. The number of carbonyl (C=O) groups excluding carboxylic acids is 1. The Labute approximate surface area is 112 Å². The Bertz CT molecular complexity index is 344. The molecule has 102 valence electrons. The summed E-state index contributed by atoms with van der Waals surface area (Å²) in [4.78, 5) is 27.4. The number of hydrogen-bond acceptors (Lipinski definition) is 3. The maximum atomic E-state index is 12.5. The molecule has 2 aliphatic heterocycles. The van der Waals surface area contributed by atoms with Gasteiger partial charge in [0, 0.05) is 31.1 Å². The zero-order chi connectivity index (χ0) is 13.2. The monoisotopic (exact) mass is 272 g/mol. The van der Waals surface area contributed by atoms with Crippen molar-refractivity contribution in [3.8, 4) is 0 Å². The molecule has 0 saturated carbocycles. The van der Waals surface area contributed by atoms with Gasteiger partial charge in [-0.05, 0) is 19.3 Å². The lowest BCUT2D eigenvalue weighted by Gasteiger charge is -2.38. The van der Waals surface area contributed by atoms with E-state index in [4.69, 9.17) is 0 Å². The lowest BCUT2D eigenvalue weighted by molar-refractivity contribution is -0.148. The number of urea groups is 1. The van der Waals surface area contributed by atoms with Crippen molar-refractivity contribution in [3.05, 3.63) is 0 Å². The molecule has 0 radical (unpaired) electrons. The van der Waals surface area contributed by atoms with E-state index >= 15 is 0 Å². The molecule has 0 aliphatic carbocycles. The number of thioether (sulfide) groups is 1. The molecule has 5 nitrogen and oxygen atoms in total. The van der Waals surface area contributed by atoms with E-state index in [0.29, 0.717) is 19.4 Å². The van der Waals surface area contributed by atoms with Crippen LogP contribution in [0.4, 0.5) is 4.79 Å². The third-order valence-electron chi connectivity index (χ3n) is 3.98. The Morgan fingerprint density at radius 1 is 1.28 bits per heavy atom. The third-order valence-corrected chi connectivity index (χ3v) is 4.93. The molecular weight excluding hydrogens is 252 g/mol. The molecule has 1 atom stereocenters. The highest BCUT2D eigenvalue weighted by Crippen LogP contribution is 2.34. The predicted molar refractivity (Wildman–Crippen MR) is 70.9 cm³/mol. The maximum Gasteiger partial charge on any atom is 0.329 e. The Balaban J connectivity index is 2.15. The van der Waals surface area contributed by atoms with Gasteiger partial charge in [0.1, 0.15) is 5.54 Å². The van der Waals surface area contributed by atoms with Gasteiger partial charge in [0.05, 0.1) is 0 Å². The molecule has 0 bridgehead atoms. The van der Waals surface area contributed by atoms with Crippen LogP contribution in [0.15, 0.2) is 0 Å². The van der Waals surface area contributed by atoms with Crippen molar-refractivity contribution in [2.24, 2.45) is 0 Å². The molecule has 0 spiro atoms. The van der Waals surface area contributed by atoms with Crippen LogP contribution in [0.1, 0.15) is 26.2 Å². The predicted octanol–water partition coefficient (Wildman–Crippen LogP) is 1.48. The van der Waals surface area contributed by atoms with Crippen LogP contribution in [0.3, 0.4) is 0 Å². The number of nitrogens with zero attached hydrogens (tertiary/aromatic N) is 2. The standard InChI is InChI=1S/C12H20N2O3S/c1-2-12(10(15)16)4-3-5-14(12)11(17)13-6-8-18-9-7-13/h2-9H2,1H3,(H,15,16). The smallest absolute Gasteiger partial charge is 0.329 e. The van der Waals surface area contributed by atoms with Gasteiger partial charge in [0.25, 0.3) is 0 Å². The SMILES string of the molecule is CCC1(C(=O)O)CCCN1C(=O)N1CCSCC1. The number of carboxylic acids is 1. The zero-order valence-corrected chi connectivity index (χ0v) is 11.5. The average molecular weight is 272 g/mol. The summed E-state index contributed by atoms with van der Waals surface area (Å²) in [6, 6.07) is -0.0861. The normalized spacial score (nSPS) is 28.5. The van der Waals surface area contributed by atoms with E-state index in [1.54, 1.807) is 9.80 Å². The molecule has 6 heteroatoms. The number of carboxylic acid groups (broad SMARTS) is 1. The van der Waals surface area contributed by atoms with Crippen LogP contribution in [-0.2, 0) is 4.79 Å². The van der Waals surface area contributed by atoms with Gasteiger partial charge >= 0.3 is 12.0 Å². The summed E-state index contributed by atoms with van der Waals surface area (Å²) < 4.78 is 0. The first-order chi connectivity index (χ1) is 8.62. The van der Waals surface area contributed by atoms with Gasteiger partial charge < -0.3 is 14.9 Å². The number of hydrogen-bond donors (Lipinski definition) is 1. The molecule has 2 heterocycles. The molecule has 1 N–H and O–H groups in total. The largest absolute Gasteiger partial charge is 0.479 e. The molecule has 2 aliphatic rings. The molecule has 2 rings (SSSR count). The maximum absolute atomic E-state index is 12.5. The molecular formula is C12H20N2O3S. The van der Waals surface area contributed by atoms with Gasteiger partial charge in [-0.3, -0.25) is 0 Å². The quantitative estimate of drug-likeness (QED) is 0.827. The Hall–Kier alpha value is -0.910. The highest BCUT2D eigenvalue weighted by atomic mass is 32.2. The topological polar surface area (TPSA) is 60.9 Å². The molecule has 0 aromatic heterocycles. The van der Waals surface area contributed by atoms with Crippen LogP contribution in [-0.4, -0.2) is 63.6 Å². The summed E-state index contributed by atoms with van der Waals surface area (Å²) in [5.74, 6) is 1.04. The first kappa shape index (κ1) is 13.5. The minimum Gasteiger partial charge on any atom is -0.479 e. The van der Waals surface area contributed by atoms with Crippen molar-refractivity contribution in [3.63, 3.8) is 0 Å². The van der Waals surface area contributed by atoms with Crippen molar-refractivity contribution in [1.82, 2.24) is 9.80 Å². The first-order valence-corrected chi connectivity index (χ1v) is 7.65. The minimum absolute atomic E-state index is 0.0861. The van der Waals surface area contributed by atoms with E-state index in [1.807, 2.05) is 18.7 Å². The molecule has 18 heavy (non-hydrogen) atoms. The van der Waals surface area contributed by atoms with Gasteiger partial charge in [0.15, 0.2) is 0 Å². The molecule has 1 unspecified atom stereocenters. The van der Waals surface area contributed by atoms with Gasteiger partial charge in [-0.1, -0.05) is 6.92 Å². The van der Waals surface area contributed by atoms with Crippen LogP contribution in [0.2, 0.25) is 0 Å². The highest BCUT2D eigenvalue weighted by Gasteiger charge is 2.49. The fourth-order valence-electron chi connectivity index (χ4n) is 2.82. The third kappa shape index (κ3) is 2.18. The van der Waals surface area contributed by atoms with E-state index in [2.05, 4.69) is 0 Å². The second-order valence-corrected chi connectivity index (χ2v) is 6.05. The summed E-state index contributed by atoms with van der Waals surface area (Å²) in [6.07, 6.45) is 1.85. The number of rotatable bonds is 2.